The van der Waals surface area contributed by atoms with Gasteiger partial charge in [0.1, 0.15) is 23.1 Å². The van der Waals surface area contributed by atoms with Gasteiger partial charge in [0.2, 0.25) is 0 Å². The highest BCUT2D eigenvalue weighted by Gasteiger charge is 2.15. The lowest BCUT2D eigenvalue weighted by Crippen LogP contribution is -2.14. The molecule has 0 radical (unpaired) electrons. The first-order valence-corrected chi connectivity index (χ1v) is 9.81. The summed E-state index contributed by atoms with van der Waals surface area (Å²) >= 11 is 1.48. The predicted molar refractivity (Wildman–Crippen MR) is 109 cm³/mol. The lowest BCUT2D eigenvalue weighted by Gasteiger charge is -2.10. The highest BCUT2D eigenvalue weighted by atomic mass is 32.2. The Morgan fingerprint density at radius 1 is 1.25 bits per heavy atom. The van der Waals surface area contributed by atoms with Gasteiger partial charge in [0, 0.05) is 29.7 Å². The number of ether oxygens (including phenoxy) is 1. The second kappa shape index (κ2) is 9.38. The zero-order chi connectivity index (χ0) is 19.9. The molecule has 28 heavy (non-hydrogen) atoms. The molecule has 1 aromatic carbocycles. The van der Waals surface area contributed by atoms with E-state index in [0.717, 1.165) is 17.0 Å². The molecule has 146 valence electrons. The third-order valence-electron chi connectivity index (χ3n) is 4.05. The van der Waals surface area contributed by atoms with Gasteiger partial charge in [0.05, 0.1) is 11.3 Å². The third kappa shape index (κ3) is 4.90. The van der Waals surface area contributed by atoms with Crippen LogP contribution in [0.15, 0.2) is 52.1 Å². The number of carbonyl (C=O) groups is 1. The van der Waals surface area contributed by atoms with Gasteiger partial charge in [-0.2, -0.15) is 0 Å². The molecule has 0 saturated heterocycles. The van der Waals surface area contributed by atoms with Crippen LogP contribution < -0.4 is 15.8 Å². The van der Waals surface area contributed by atoms with Crippen molar-refractivity contribution in [2.75, 3.05) is 18.5 Å². The molecule has 0 aliphatic heterocycles. The van der Waals surface area contributed by atoms with Crippen molar-refractivity contribution in [1.82, 2.24) is 10.1 Å². The van der Waals surface area contributed by atoms with E-state index in [4.69, 9.17) is 15.0 Å². The fraction of sp³-hybridized carbons (Fsp3) is 0.250. The number of benzene rings is 1. The van der Waals surface area contributed by atoms with Crippen LogP contribution in [0.3, 0.4) is 0 Å². The van der Waals surface area contributed by atoms with Crippen molar-refractivity contribution in [1.29, 1.82) is 0 Å². The largest absolute Gasteiger partial charge is 0.492 e. The average molecular weight is 398 g/mol. The number of nitrogens with zero attached hydrogens (tertiary/aromatic N) is 2. The van der Waals surface area contributed by atoms with E-state index >= 15 is 0 Å². The van der Waals surface area contributed by atoms with Crippen LogP contribution in [0.25, 0.3) is 0 Å². The number of amides is 1. The van der Waals surface area contributed by atoms with Crippen LogP contribution in [0.2, 0.25) is 0 Å². The molecule has 8 heteroatoms. The number of pyridine rings is 1. The molecule has 3 aromatic rings. The van der Waals surface area contributed by atoms with Crippen molar-refractivity contribution in [3.63, 3.8) is 0 Å². The van der Waals surface area contributed by atoms with Crippen molar-refractivity contribution in [3.8, 4) is 5.75 Å². The number of nitrogens with one attached hydrogen (secondary N) is 1. The number of nitrogens with two attached hydrogens (primary N) is 1. The number of thioether (sulfide) groups is 1. The second-order valence-corrected chi connectivity index (χ2v) is 7.03. The molecular weight excluding hydrogens is 376 g/mol. The summed E-state index contributed by atoms with van der Waals surface area (Å²) < 4.78 is 10.6. The number of aromatic nitrogens is 2. The Morgan fingerprint density at radius 2 is 2.04 bits per heavy atom. The Bertz CT molecular complexity index is 921. The first kappa shape index (κ1) is 19.9. The molecule has 3 N–H and O–H groups in total. The van der Waals surface area contributed by atoms with Crippen molar-refractivity contribution < 1.29 is 14.1 Å². The molecule has 0 bridgehead atoms. The van der Waals surface area contributed by atoms with Crippen LogP contribution >= 0.6 is 11.8 Å². The number of hydrogen-bond acceptors (Lipinski definition) is 7. The van der Waals surface area contributed by atoms with Crippen molar-refractivity contribution >= 4 is 23.4 Å². The first-order valence-electron chi connectivity index (χ1n) is 8.82. The Kier molecular flexibility index (Phi) is 6.67. The quantitative estimate of drug-likeness (QED) is 0.559. The standard InChI is InChI=1S/C20H22N4O3S/c1-13-18(14(2)27-24-13)12-28-20-17(4-3-10-22-20)19(25)23-15-5-7-16(8-6-15)26-11-9-21/h3-8,10H,9,11-12,21H2,1-2H3,(H,23,25). The second-order valence-electron chi connectivity index (χ2n) is 6.06. The maximum Gasteiger partial charge on any atom is 0.258 e. The maximum atomic E-state index is 12.7. The molecule has 3 rings (SSSR count). The SMILES string of the molecule is Cc1noc(C)c1CSc1ncccc1C(=O)Nc1ccc(OCCN)cc1. The maximum absolute atomic E-state index is 12.7. The molecule has 2 aromatic heterocycles. The van der Waals surface area contributed by atoms with E-state index in [1.807, 2.05) is 13.8 Å². The van der Waals surface area contributed by atoms with Crippen molar-refractivity contribution in [2.24, 2.45) is 5.73 Å². The summed E-state index contributed by atoms with van der Waals surface area (Å²) in [6, 6.07) is 10.7. The zero-order valence-electron chi connectivity index (χ0n) is 15.8. The molecule has 0 fully saturated rings. The fourth-order valence-electron chi connectivity index (χ4n) is 2.54. The minimum absolute atomic E-state index is 0.218. The summed E-state index contributed by atoms with van der Waals surface area (Å²) in [4.78, 5) is 17.1. The van der Waals surface area contributed by atoms with E-state index in [2.05, 4.69) is 15.5 Å². The van der Waals surface area contributed by atoms with Gasteiger partial charge in [-0.25, -0.2) is 4.98 Å². The van der Waals surface area contributed by atoms with Crippen LogP contribution in [-0.2, 0) is 5.75 Å². The number of carbonyl (C=O) groups excluding carboxylic acids is 1. The molecule has 0 spiro atoms. The van der Waals surface area contributed by atoms with Gasteiger partial charge in [-0.3, -0.25) is 4.79 Å². The lowest BCUT2D eigenvalue weighted by molar-refractivity contribution is 0.102. The van der Waals surface area contributed by atoms with Gasteiger partial charge in [0.15, 0.2) is 0 Å². The van der Waals surface area contributed by atoms with E-state index < -0.39 is 0 Å². The van der Waals surface area contributed by atoms with Crippen LogP contribution in [0.1, 0.15) is 27.4 Å². The molecule has 0 saturated carbocycles. The van der Waals surface area contributed by atoms with Crippen LogP contribution in [0.4, 0.5) is 5.69 Å². The van der Waals surface area contributed by atoms with Crippen LogP contribution in [-0.4, -0.2) is 29.2 Å². The van der Waals surface area contributed by atoms with Gasteiger partial charge >= 0.3 is 0 Å². The Hall–Kier alpha value is -2.84. The van der Waals surface area contributed by atoms with E-state index in [-0.39, 0.29) is 5.91 Å². The molecule has 0 unspecified atom stereocenters. The Labute approximate surface area is 167 Å². The van der Waals surface area contributed by atoms with E-state index in [0.29, 0.717) is 40.9 Å². The Balaban J connectivity index is 1.68. The smallest absolute Gasteiger partial charge is 0.258 e. The van der Waals surface area contributed by atoms with Gasteiger partial charge in [-0.15, -0.1) is 11.8 Å². The number of hydrogen-bond donors (Lipinski definition) is 2. The van der Waals surface area contributed by atoms with Crippen LogP contribution in [0.5, 0.6) is 5.75 Å². The first-order chi connectivity index (χ1) is 13.6. The number of rotatable bonds is 8. The van der Waals surface area contributed by atoms with E-state index in [9.17, 15) is 4.79 Å². The van der Waals surface area contributed by atoms with Gasteiger partial charge in [0.25, 0.3) is 5.91 Å². The van der Waals surface area contributed by atoms with Gasteiger partial charge in [-0.1, -0.05) is 5.16 Å². The summed E-state index contributed by atoms with van der Waals surface area (Å²) in [7, 11) is 0. The highest BCUT2D eigenvalue weighted by Crippen LogP contribution is 2.27. The van der Waals surface area contributed by atoms with Gasteiger partial charge in [-0.05, 0) is 50.2 Å². The molecule has 7 nitrogen and oxygen atoms in total. The molecular formula is C20H22N4O3S. The van der Waals surface area contributed by atoms with E-state index in [1.165, 1.54) is 11.8 Å². The van der Waals surface area contributed by atoms with E-state index in [1.54, 1.807) is 42.6 Å². The number of aryl methyl sites for hydroxylation is 2. The lowest BCUT2D eigenvalue weighted by atomic mass is 10.2. The summed E-state index contributed by atoms with van der Waals surface area (Å²) in [6.45, 7) is 4.68. The molecule has 2 heterocycles. The minimum Gasteiger partial charge on any atom is -0.492 e. The fourth-order valence-corrected chi connectivity index (χ4v) is 3.68. The monoisotopic (exact) mass is 398 g/mol. The highest BCUT2D eigenvalue weighted by molar-refractivity contribution is 7.98. The Morgan fingerprint density at radius 3 is 2.71 bits per heavy atom. The van der Waals surface area contributed by atoms with Crippen molar-refractivity contribution in [2.45, 2.75) is 24.6 Å². The molecule has 0 aliphatic carbocycles. The number of anilines is 1. The topological polar surface area (TPSA) is 103 Å². The predicted octanol–water partition coefficient (Wildman–Crippen LogP) is 3.57. The average Bonchev–Trinajstić information content (AvgIpc) is 3.03. The normalized spacial score (nSPS) is 10.7. The summed E-state index contributed by atoms with van der Waals surface area (Å²) in [5.41, 5.74) is 8.49. The molecule has 0 atom stereocenters. The summed E-state index contributed by atoms with van der Waals surface area (Å²) in [5.74, 6) is 1.90. The third-order valence-corrected chi connectivity index (χ3v) is 5.08. The summed E-state index contributed by atoms with van der Waals surface area (Å²) in [5, 5.41) is 7.51. The minimum atomic E-state index is -0.218. The zero-order valence-corrected chi connectivity index (χ0v) is 16.6. The molecule has 1 amide bonds. The van der Waals surface area contributed by atoms with Crippen molar-refractivity contribution in [3.05, 3.63) is 65.2 Å². The molecule has 0 aliphatic rings. The summed E-state index contributed by atoms with van der Waals surface area (Å²) in [6.07, 6.45) is 1.68. The van der Waals surface area contributed by atoms with Crippen LogP contribution in [0, 0.1) is 13.8 Å². The van der Waals surface area contributed by atoms with Gasteiger partial charge < -0.3 is 20.3 Å².